The van der Waals surface area contributed by atoms with Crippen molar-refractivity contribution in [1.82, 2.24) is 4.98 Å². The summed E-state index contributed by atoms with van der Waals surface area (Å²) in [5, 5.41) is 12.9. The van der Waals surface area contributed by atoms with E-state index >= 15 is 0 Å². The molecule has 24 heavy (non-hydrogen) atoms. The van der Waals surface area contributed by atoms with Gasteiger partial charge in [-0.05, 0) is 6.26 Å². The molecule has 0 saturated carbocycles. The van der Waals surface area contributed by atoms with Crippen LogP contribution in [0.1, 0.15) is 19.4 Å². The summed E-state index contributed by atoms with van der Waals surface area (Å²) in [7, 11) is 0. The minimum atomic E-state index is -2.06. The molecular formula is C20H29NOSSn. The molecule has 130 valence electrons. The summed E-state index contributed by atoms with van der Waals surface area (Å²) in [4.78, 5) is 11.8. The van der Waals surface area contributed by atoms with Crippen molar-refractivity contribution < 1.29 is 5.11 Å². The first-order valence-corrected chi connectivity index (χ1v) is 19.2. The Morgan fingerprint density at radius 3 is 2.21 bits per heavy atom. The molecule has 1 aromatic heterocycles. The number of benzene rings is 2. The zero-order valence-electron chi connectivity index (χ0n) is 15.6. The average Bonchev–Trinajstić information content (AvgIpc) is 2.63. The van der Waals surface area contributed by atoms with E-state index in [-0.39, 0.29) is 6.61 Å². The van der Waals surface area contributed by atoms with Crippen molar-refractivity contribution in [2.24, 2.45) is 0 Å². The van der Waals surface area contributed by atoms with Gasteiger partial charge in [-0.2, -0.15) is 12.6 Å². The number of pyridine rings is 1. The van der Waals surface area contributed by atoms with Crippen molar-refractivity contribution in [1.29, 1.82) is 0 Å². The summed E-state index contributed by atoms with van der Waals surface area (Å²) in [6.07, 6.45) is 3.63. The Kier molecular flexibility index (Phi) is 8.54. The predicted molar refractivity (Wildman–Crippen MR) is 114 cm³/mol. The number of rotatable bonds is 2. The van der Waals surface area contributed by atoms with Gasteiger partial charge < -0.3 is 0 Å². The van der Waals surface area contributed by atoms with Gasteiger partial charge in [0, 0.05) is 0 Å². The standard InChI is InChI=1S/C14H10NO.C2H6.CH4S.3CH3.Sn/c16-9-10-5-6-13-12-4-2-1-3-11(12)8-15-14(13)7-10;2*1-2;;;;/h1,3-8,16H,9H2;1-2H3;2H,1H3;3*1H3;. The van der Waals surface area contributed by atoms with Gasteiger partial charge in [-0.1, -0.05) is 13.8 Å². The molecule has 3 rings (SSSR count). The Labute approximate surface area is 155 Å². The Morgan fingerprint density at radius 1 is 0.958 bits per heavy atom. The van der Waals surface area contributed by atoms with E-state index in [0.717, 1.165) is 11.1 Å². The van der Waals surface area contributed by atoms with E-state index in [1.807, 2.05) is 32.2 Å². The Morgan fingerprint density at radius 2 is 1.62 bits per heavy atom. The maximum absolute atomic E-state index is 9.24. The van der Waals surface area contributed by atoms with Crippen molar-refractivity contribution >= 4 is 56.3 Å². The molecule has 0 amide bonds. The second-order valence-corrected chi connectivity index (χ2v) is 20.8. The molecule has 0 aliphatic heterocycles. The fourth-order valence-electron chi connectivity index (χ4n) is 2.52. The normalized spacial score (nSPS) is 10.7. The number of nitrogens with zero attached hydrogens (tertiary/aromatic N) is 1. The number of hydrogen-bond donors (Lipinski definition) is 2. The van der Waals surface area contributed by atoms with Crippen molar-refractivity contribution in [3.63, 3.8) is 0 Å². The Balaban J connectivity index is 0.000000671. The second kappa shape index (κ2) is 9.64. The predicted octanol–water partition coefficient (Wildman–Crippen LogP) is 5.00. The van der Waals surface area contributed by atoms with Crippen LogP contribution in [0.25, 0.3) is 21.7 Å². The van der Waals surface area contributed by atoms with Crippen LogP contribution in [0.3, 0.4) is 0 Å². The van der Waals surface area contributed by atoms with Gasteiger partial charge in [-0.15, -0.1) is 0 Å². The maximum atomic E-state index is 9.24. The van der Waals surface area contributed by atoms with Crippen LogP contribution in [0.4, 0.5) is 0 Å². The molecular weight excluding hydrogens is 421 g/mol. The molecule has 0 spiro atoms. The number of aliphatic hydroxyl groups is 1. The first-order valence-electron chi connectivity index (χ1n) is 8.36. The molecule has 4 heteroatoms. The van der Waals surface area contributed by atoms with E-state index in [9.17, 15) is 5.11 Å². The molecule has 2 nitrogen and oxygen atoms in total. The van der Waals surface area contributed by atoms with Gasteiger partial charge in [0.15, 0.2) is 0 Å². The van der Waals surface area contributed by atoms with Crippen LogP contribution in [0.2, 0.25) is 14.8 Å². The minimum absolute atomic E-state index is 0.0636. The van der Waals surface area contributed by atoms with Gasteiger partial charge >= 0.3 is 123 Å². The Hall–Kier alpha value is -0.781. The molecule has 0 aliphatic rings. The summed E-state index contributed by atoms with van der Waals surface area (Å²) >= 11 is 1.47. The molecule has 0 aliphatic carbocycles. The van der Waals surface area contributed by atoms with E-state index in [1.165, 1.54) is 19.7 Å². The number of aliphatic hydroxyl groups excluding tert-OH is 1. The van der Waals surface area contributed by atoms with Crippen molar-refractivity contribution in [2.45, 2.75) is 35.3 Å². The van der Waals surface area contributed by atoms with Gasteiger partial charge in [-0.25, -0.2) is 0 Å². The molecule has 0 fully saturated rings. The summed E-state index contributed by atoms with van der Waals surface area (Å²) in [5.74, 6) is 0. The Bertz CT molecular complexity index is 797. The van der Waals surface area contributed by atoms with Crippen LogP contribution >= 0.6 is 12.6 Å². The molecule has 3 aromatic rings. The van der Waals surface area contributed by atoms with Crippen LogP contribution < -0.4 is 3.58 Å². The molecule has 0 saturated heterocycles. The van der Waals surface area contributed by atoms with Gasteiger partial charge in [-0.3, -0.25) is 0 Å². The first kappa shape index (κ1) is 21.3. The van der Waals surface area contributed by atoms with Crippen molar-refractivity contribution in [2.75, 3.05) is 6.26 Å². The van der Waals surface area contributed by atoms with Gasteiger partial charge in [0.1, 0.15) is 0 Å². The monoisotopic (exact) mass is 451 g/mol. The second-order valence-electron chi connectivity index (χ2n) is 6.32. The summed E-state index contributed by atoms with van der Waals surface area (Å²) in [5.41, 5.74) is 1.88. The molecule has 0 bridgehead atoms. The molecule has 1 N–H and O–H groups in total. The van der Waals surface area contributed by atoms with E-state index in [4.69, 9.17) is 0 Å². The number of thiol groups is 1. The number of fused-ring (bicyclic) bond motifs is 3. The van der Waals surface area contributed by atoms with E-state index in [0.29, 0.717) is 0 Å². The third-order valence-electron chi connectivity index (χ3n) is 3.80. The first-order chi connectivity index (χ1) is 11.5. The van der Waals surface area contributed by atoms with E-state index < -0.39 is 18.4 Å². The fourth-order valence-corrected chi connectivity index (χ4v) is 5.83. The van der Waals surface area contributed by atoms with Crippen LogP contribution in [0.15, 0.2) is 42.6 Å². The quantitative estimate of drug-likeness (QED) is 0.328. The van der Waals surface area contributed by atoms with Crippen LogP contribution in [-0.2, 0) is 6.61 Å². The molecule has 2 aromatic carbocycles. The summed E-state index contributed by atoms with van der Waals surface area (Å²) in [6.45, 7) is 4.06. The number of aromatic nitrogens is 1. The van der Waals surface area contributed by atoms with Crippen LogP contribution in [0, 0.1) is 0 Å². The number of hydrogen-bond acceptors (Lipinski definition) is 3. The van der Waals surface area contributed by atoms with Crippen molar-refractivity contribution in [3.8, 4) is 0 Å². The summed E-state index contributed by atoms with van der Waals surface area (Å²) < 4.78 is 1.53. The van der Waals surface area contributed by atoms with Crippen LogP contribution in [0.5, 0.6) is 0 Å². The van der Waals surface area contributed by atoms with E-state index in [2.05, 4.69) is 56.7 Å². The molecule has 0 atom stereocenters. The van der Waals surface area contributed by atoms with E-state index in [1.54, 1.807) is 6.26 Å². The van der Waals surface area contributed by atoms with Crippen LogP contribution in [-0.4, -0.2) is 34.7 Å². The van der Waals surface area contributed by atoms with Gasteiger partial charge in [0.25, 0.3) is 0 Å². The molecule has 1 heterocycles. The third kappa shape index (κ3) is 4.87. The zero-order chi connectivity index (χ0) is 18.3. The van der Waals surface area contributed by atoms with Gasteiger partial charge in [0.05, 0.1) is 0 Å². The molecule has 0 unspecified atom stereocenters. The molecule has 0 radical (unpaired) electrons. The van der Waals surface area contributed by atoms with Crippen molar-refractivity contribution in [3.05, 3.63) is 48.2 Å². The average molecular weight is 450 g/mol. The topological polar surface area (TPSA) is 33.1 Å². The van der Waals surface area contributed by atoms with Gasteiger partial charge in [0.2, 0.25) is 0 Å². The summed E-state index contributed by atoms with van der Waals surface area (Å²) in [6, 6.07) is 12.9. The SMILES string of the molecule is CC.CS.[CH3][Sn]([CH3])([CH3])[c]1ccc2cnc3cc(CO)ccc3c2c1. The zero-order valence-corrected chi connectivity index (χ0v) is 19.3. The third-order valence-corrected chi connectivity index (χ3v) is 9.63. The fraction of sp³-hybridized carbons (Fsp3) is 0.350.